The van der Waals surface area contributed by atoms with E-state index in [1.165, 1.54) is 21.2 Å². The molecule has 2 aliphatic heterocycles. The molecule has 4 heteroatoms. The van der Waals surface area contributed by atoms with Gasteiger partial charge in [-0.2, -0.15) is 0 Å². The van der Waals surface area contributed by atoms with Gasteiger partial charge in [0, 0.05) is 17.3 Å². The number of thiophene rings is 1. The molecule has 0 saturated carbocycles. The van der Waals surface area contributed by atoms with Crippen molar-refractivity contribution in [2.24, 2.45) is 4.99 Å². The van der Waals surface area contributed by atoms with E-state index >= 15 is 0 Å². The largest absolute Gasteiger partial charge is 0.323 e. The lowest BCUT2D eigenvalue weighted by Gasteiger charge is -2.24. The lowest BCUT2D eigenvalue weighted by Crippen LogP contribution is -2.35. The maximum absolute atomic E-state index is 5.49. The zero-order chi connectivity index (χ0) is 14.4. The zero-order valence-corrected chi connectivity index (χ0v) is 13.2. The lowest BCUT2D eigenvalue weighted by atomic mass is 10.0. The molecule has 21 heavy (non-hydrogen) atoms. The fourth-order valence-corrected chi connectivity index (χ4v) is 4.34. The number of benzene rings is 1. The van der Waals surface area contributed by atoms with E-state index in [2.05, 4.69) is 46.6 Å². The summed E-state index contributed by atoms with van der Waals surface area (Å²) in [7, 11) is 0. The van der Waals surface area contributed by atoms with Crippen LogP contribution >= 0.6 is 23.6 Å². The number of aliphatic imine (C=N–C) groups is 1. The van der Waals surface area contributed by atoms with E-state index < -0.39 is 0 Å². The van der Waals surface area contributed by atoms with Crippen molar-refractivity contribution in [1.29, 1.82) is 0 Å². The minimum Gasteiger partial charge on any atom is -0.323 e. The normalized spacial score (nSPS) is 20.2. The third-order valence-electron chi connectivity index (χ3n) is 4.01. The van der Waals surface area contributed by atoms with E-state index in [-0.39, 0.29) is 6.04 Å². The van der Waals surface area contributed by atoms with Crippen LogP contribution in [0, 0.1) is 6.92 Å². The SMILES string of the molecule is Cc1cccc2scc(CC3C(=S)N=C4C=CC=CN43)c12. The highest BCUT2D eigenvalue weighted by Gasteiger charge is 2.31. The third-order valence-corrected chi connectivity index (χ3v) is 5.37. The predicted molar refractivity (Wildman–Crippen MR) is 94.2 cm³/mol. The molecule has 0 fully saturated rings. The first kappa shape index (κ1) is 12.9. The number of aryl methyl sites for hydroxylation is 1. The summed E-state index contributed by atoms with van der Waals surface area (Å²) in [5, 5.41) is 3.65. The molecule has 1 aromatic heterocycles. The van der Waals surface area contributed by atoms with Gasteiger partial charge in [-0.25, -0.2) is 4.99 Å². The maximum atomic E-state index is 5.49. The Kier molecular flexibility index (Phi) is 3.01. The molecule has 0 N–H and O–H groups in total. The maximum Gasteiger partial charge on any atom is 0.134 e. The first-order valence-electron chi connectivity index (χ1n) is 6.95. The van der Waals surface area contributed by atoms with Gasteiger partial charge >= 0.3 is 0 Å². The minimum absolute atomic E-state index is 0.161. The van der Waals surface area contributed by atoms with E-state index in [1.807, 2.05) is 29.6 Å². The molecule has 0 saturated heterocycles. The number of hydrogen-bond donors (Lipinski definition) is 0. The molecule has 3 heterocycles. The van der Waals surface area contributed by atoms with E-state index in [0.29, 0.717) is 0 Å². The topological polar surface area (TPSA) is 15.6 Å². The Morgan fingerprint density at radius 2 is 2.24 bits per heavy atom. The molecule has 1 atom stereocenters. The van der Waals surface area contributed by atoms with Gasteiger partial charge in [0.2, 0.25) is 0 Å². The van der Waals surface area contributed by atoms with E-state index in [4.69, 9.17) is 12.2 Å². The van der Waals surface area contributed by atoms with E-state index in [9.17, 15) is 0 Å². The zero-order valence-electron chi connectivity index (χ0n) is 11.6. The van der Waals surface area contributed by atoms with Crippen LogP contribution in [0.3, 0.4) is 0 Å². The van der Waals surface area contributed by atoms with Gasteiger partial charge in [-0.3, -0.25) is 0 Å². The first-order chi connectivity index (χ1) is 10.2. The van der Waals surface area contributed by atoms with Gasteiger partial charge in [-0.05, 0) is 47.0 Å². The number of hydrogen-bond acceptors (Lipinski definition) is 3. The highest BCUT2D eigenvalue weighted by atomic mass is 32.1. The summed E-state index contributed by atoms with van der Waals surface area (Å²) >= 11 is 7.30. The van der Waals surface area contributed by atoms with Crippen LogP contribution in [-0.2, 0) is 6.42 Å². The molecule has 0 bridgehead atoms. The van der Waals surface area contributed by atoms with Crippen LogP contribution in [0.2, 0.25) is 0 Å². The van der Waals surface area contributed by atoms with Crippen LogP contribution < -0.4 is 0 Å². The molecule has 4 rings (SSSR count). The summed E-state index contributed by atoms with van der Waals surface area (Å²) in [4.78, 5) is 7.49. The fourth-order valence-electron chi connectivity index (χ4n) is 3.00. The number of nitrogens with zero attached hydrogens (tertiary/aromatic N) is 2. The first-order valence-corrected chi connectivity index (χ1v) is 8.24. The van der Waals surface area contributed by atoms with E-state index in [0.717, 1.165) is 17.2 Å². The van der Waals surface area contributed by atoms with Crippen LogP contribution in [0.4, 0.5) is 0 Å². The molecule has 2 aliphatic rings. The van der Waals surface area contributed by atoms with Crippen LogP contribution in [0.5, 0.6) is 0 Å². The van der Waals surface area contributed by atoms with Crippen molar-refractivity contribution >= 4 is 44.5 Å². The number of thiocarbonyl (C=S) groups is 1. The smallest absolute Gasteiger partial charge is 0.134 e. The Hall–Kier alpha value is -1.78. The molecule has 1 unspecified atom stereocenters. The van der Waals surface area contributed by atoms with Crippen molar-refractivity contribution in [1.82, 2.24) is 4.90 Å². The molecule has 0 amide bonds. The van der Waals surface area contributed by atoms with Crippen molar-refractivity contribution in [2.45, 2.75) is 19.4 Å². The van der Waals surface area contributed by atoms with Gasteiger partial charge in [0.15, 0.2) is 0 Å². The molecule has 2 aromatic rings. The third kappa shape index (κ3) is 2.06. The fraction of sp³-hybridized carbons (Fsp3) is 0.176. The summed E-state index contributed by atoms with van der Waals surface area (Å²) in [5.41, 5.74) is 2.71. The van der Waals surface area contributed by atoms with E-state index in [1.54, 1.807) is 0 Å². The average Bonchev–Trinajstić information content (AvgIpc) is 3.03. The Morgan fingerprint density at radius 3 is 3.14 bits per heavy atom. The number of fused-ring (bicyclic) bond motifs is 2. The predicted octanol–water partition coefficient (Wildman–Crippen LogP) is 4.25. The van der Waals surface area contributed by atoms with Gasteiger partial charge in [0.1, 0.15) is 10.8 Å². The molecule has 2 nitrogen and oxygen atoms in total. The second-order valence-corrected chi connectivity index (χ2v) is 6.67. The number of allylic oxidation sites excluding steroid dienone is 2. The summed E-state index contributed by atoms with van der Waals surface area (Å²) < 4.78 is 1.35. The summed E-state index contributed by atoms with van der Waals surface area (Å²) in [6, 6.07) is 6.65. The molecule has 1 aromatic carbocycles. The summed E-state index contributed by atoms with van der Waals surface area (Å²) in [6.07, 6.45) is 9.05. The highest BCUT2D eigenvalue weighted by Crippen LogP contribution is 2.31. The van der Waals surface area contributed by atoms with Crippen molar-refractivity contribution in [3.8, 4) is 0 Å². The minimum atomic E-state index is 0.161. The number of rotatable bonds is 2. The van der Waals surface area contributed by atoms with Crippen molar-refractivity contribution < 1.29 is 0 Å². The Labute approximate surface area is 133 Å². The van der Waals surface area contributed by atoms with Gasteiger partial charge in [0.05, 0.1) is 6.04 Å². The van der Waals surface area contributed by atoms with Gasteiger partial charge in [-0.1, -0.05) is 30.4 Å². The Bertz CT molecular complexity index is 826. The van der Waals surface area contributed by atoms with Crippen molar-refractivity contribution in [2.75, 3.05) is 0 Å². The second-order valence-electron chi connectivity index (χ2n) is 5.35. The molecule has 104 valence electrons. The second kappa shape index (κ2) is 4.90. The summed E-state index contributed by atoms with van der Waals surface area (Å²) in [5.74, 6) is 0.962. The Morgan fingerprint density at radius 1 is 1.33 bits per heavy atom. The standard InChI is InChI=1S/C17H14N2S2/c1-11-5-4-6-14-16(11)12(10-21-14)9-13-17(20)18-15-7-2-3-8-19(13)15/h2-8,10,13H,9H2,1H3. The van der Waals surface area contributed by atoms with Crippen LogP contribution in [0.25, 0.3) is 10.1 Å². The van der Waals surface area contributed by atoms with Crippen molar-refractivity contribution in [3.63, 3.8) is 0 Å². The van der Waals surface area contributed by atoms with Gasteiger partial charge in [0.25, 0.3) is 0 Å². The Balaban J connectivity index is 1.71. The molecular weight excluding hydrogens is 296 g/mol. The monoisotopic (exact) mass is 310 g/mol. The number of amidine groups is 1. The molecule has 0 spiro atoms. The molecule has 0 radical (unpaired) electrons. The van der Waals surface area contributed by atoms with Crippen LogP contribution in [0.1, 0.15) is 11.1 Å². The lowest BCUT2D eigenvalue weighted by molar-refractivity contribution is 0.509. The molecular formula is C17H14N2S2. The highest BCUT2D eigenvalue weighted by molar-refractivity contribution is 7.80. The summed E-state index contributed by atoms with van der Waals surface area (Å²) in [6.45, 7) is 2.18. The quantitative estimate of drug-likeness (QED) is 0.771. The molecule has 0 aliphatic carbocycles. The van der Waals surface area contributed by atoms with Gasteiger partial charge < -0.3 is 4.90 Å². The van der Waals surface area contributed by atoms with Gasteiger partial charge in [-0.15, -0.1) is 11.3 Å². The van der Waals surface area contributed by atoms with Crippen LogP contribution in [0.15, 0.2) is 53.0 Å². The van der Waals surface area contributed by atoms with Crippen LogP contribution in [-0.4, -0.2) is 21.8 Å². The average molecular weight is 310 g/mol. The van der Waals surface area contributed by atoms with Crippen molar-refractivity contribution in [3.05, 3.63) is 59.1 Å².